The van der Waals surface area contributed by atoms with Gasteiger partial charge in [0.15, 0.2) is 0 Å². The third kappa shape index (κ3) is 2.86. The highest BCUT2D eigenvalue weighted by Gasteiger charge is 2.21. The van der Waals surface area contributed by atoms with Crippen LogP contribution in [0.2, 0.25) is 0 Å². The SMILES string of the molecule is CC(C)[C@H](CN)c1ccccc1N1CCCCC1. The summed E-state index contributed by atoms with van der Waals surface area (Å²) >= 11 is 0. The smallest absolute Gasteiger partial charge is 0.0402 e. The maximum Gasteiger partial charge on any atom is 0.0402 e. The highest BCUT2D eigenvalue weighted by atomic mass is 15.1. The van der Waals surface area contributed by atoms with E-state index in [4.69, 9.17) is 5.73 Å². The lowest BCUT2D eigenvalue weighted by molar-refractivity contribution is 0.502. The molecule has 2 rings (SSSR count). The van der Waals surface area contributed by atoms with E-state index in [1.165, 1.54) is 43.6 Å². The van der Waals surface area contributed by atoms with Gasteiger partial charge in [-0.1, -0.05) is 32.0 Å². The molecule has 1 fully saturated rings. The van der Waals surface area contributed by atoms with Gasteiger partial charge < -0.3 is 10.6 Å². The Labute approximate surface area is 111 Å². The van der Waals surface area contributed by atoms with Crippen LogP contribution in [0.25, 0.3) is 0 Å². The van der Waals surface area contributed by atoms with Crippen molar-refractivity contribution in [2.24, 2.45) is 11.7 Å². The van der Waals surface area contributed by atoms with E-state index in [1.54, 1.807) is 0 Å². The molecule has 1 aliphatic rings. The van der Waals surface area contributed by atoms with Crippen LogP contribution >= 0.6 is 0 Å². The number of rotatable bonds is 4. The first-order chi connectivity index (χ1) is 8.74. The van der Waals surface area contributed by atoms with Gasteiger partial charge in [-0.25, -0.2) is 0 Å². The minimum Gasteiger partial charge on any atom is -0.371 e. The second-order valence-electron chi connectivity index (χ2n) is 5.69. The molecule has 100 valence electrons. The zero-order valence-electron chi connectivity index (χ0n) is 11.7. The van der Waals surface area contributed by atoms with E-state index in [1.807, 2.05) is 0 Å². The van der Waals surface area contributed by atoms with Crippen LogP contribution in [0.4, 0.5) is 5.69 Å². The average molecular weight is 246 g/mol. The van der Waals surface area contributed by atoms with Gasteiger partial charge in [-0.05, 0) is 43.4 Å². The standard InChI is InChI=1S/C16H26N2/c1-13(2)15(12-17)14-8-4-5-9-16(14)18-10-6-3-7-11-18/h4-5,8-9,13,15H,3,6-7,10-12,17H2,1-2H3/t15-/m0/s1. The van der Waals surface area contributed by atoms with Gasteiger partial charge in [0.1, 0.15) is 0 Å². The molecule has 1 aromatic carbocycles. The number of benzene rings is 1. The molecule has 2 nitrogen and oxygen atoms in total. The predicted molar refractivity (Wildman–Crippen MR) is 79.1 cm³/mol. The van der Waals surface area contributed by atoms with Crippen molar-refractivity contribution in [3.8, 4) is 0 Å². The van der Waals surface area contributed by atoms with E-state index in [0.29, 0.717) is 11.8 Å². The summed E-state index contributed by atoms with van der Waals surface area (Å²) in [5.74, 6) is 1.07. The largest absolute Gasteiger partial charge is 0.371 e. The third-order valence-corrected chi connectivity index (χ3v) is 4.09. The van der Waals surface area contributed by atoms with Crippen molar-refractivity contribution < 1.29 is 0 Å². The number of nitrogens with zero attached hydrogens (tertiary/aromatic N) is 1. The first-order valence-corrected chi connectivity index (χ1v) is 7.28. The molecule has 0 aromatic heterocycles. The summed E-state index contributed by atoms with van der Waals surface area (Å²) in [4.78, 5) is 2.55. The quantitative estimate of drug-likeness (QED) is 0.882. The minimum atomic E-state index is 0.475. The molecule has 1 aromatic rings. The highest BCUT2D eigenvalue weighted by molar-refractivity contribution is 5.55. The molecule has 1 aliphatic heterocycles. The summed E-state index contributed by atoms with van der Waals surface area (Å²) < 4.78 is 0. The molecule has 0 aliphatic carbocycles. The van der Waals surface area contributed by atoms with E-state index >= 15 is 0 Å². The number of para-hydroxylation sites is 1. The summed E-state index contributed by atoms with van der Waals surface area (Å²) in [6, 6.07) is 8.84. The maximum absolute atomic E-state index is 5.99. The number of anilines is 1. The zero-order valence-corrected chi connectivity index (χ0v) is 11.7. The molecule has 0 radical (unpaired) electrons. The number of nitrogens with two attached hydrogens (primary N) is 1. The second kappa shape index (κ2) is 6.24. The molecule has 1 saturated heterocycles. The number of hydrogen-bond acceptors (Lipinski definition) is 2. The Balaban J connectivity index is 2.29. The Bertz CT molecular complexity index is 367. The monoisotopic (exact) mass is 246 g/mol. The van der Waals surface area contributed by atoms with Gasteiger partial charge in [0.05, 0.1) is 0 Å². The van der Waals surface area contributed by atoms with Gasteiger partial charge in [0.25, 0.3) is 0 Å². The van der Waals surface area contributed by atoms with E-state index in [-0.39, 0.29) is 0 Å². The zero-order chi connectivity index (χ0) is 13.0. The molecule has 1 heterocycles. The fourth-order valence-electron chi connectivity index (χ4n) is 2.98. The summed E-state index contributed by atoms with van der Waals surface area (Å²) in [5.41, 5.74) is 8.85. The van der Waals surface area contributed by atoms with Crippen molar-refractivity contribution >= 4 is 5.69 Å². The van der Waals surface area contributed by atoms with Crippen molar-refractivity contribution in [1.82, 2.24) is 0 Å². The molecular formula is C16H26N2. The van der Waals surface area contributed by atoms with Gasteiger partial charge in [-0.2, -0.15) is 0 Å². The average Bonchev–Trinajstić information content (AvgIpc) is 2.41. The van der Waals surface area contributed by atoms with Crippen molar-refractivity contribution in [3.05, 3.63) is 29.8 Å². The van der Waals surface area contributed by atoms with Crippen molar-refractivity contribution in [2.75, 3.05) is 24.5 Å². The fraction of sp³-hybridized carbons (Fsp3) is 0.625. The third-order valence-electron chi connectivity index (χ3n) is 4.09. The molecule has 0 amide bonds. The lowest BCUT2D eigenvalue weighted by Crippen LogP contribution is -2.31. The maximum atomic E-state index is 5.99. The summed E-state index contributed by atoms with van der Waals surface area (Å²) in [5, 5.41) is 0. The number of piperidine rings is 1. The number of hydrogen-bond donors (Lipinski definition) is 1. The molecule has 2 heteroatoms. The van der Waals surface area contributed by atoms with Crippen molar-refractivity contribution in [1.29, 1.82) is 0 Å². The minimum absolute atomic E-state index is 0.475. The van der Waals surface area contributed by atoms with Crippen LogP contribution in [-0.2, 0) is 0 Å². The van der Waals surface area contributed by atoms with Gasteiger partial charge in [0, 0.05) is 24.7 Å². The first kappa shape index (κ1) is 13.4. The van der Waals surface area contributed by atoms with Gasteiger partial charge in [-0.15, -0.1) is 0 Å². The van der Waals surface area contributed by atoms with Crippen LogP contribution in [0.5, 0.6) is 0 Å². The van der Waals surface area contributed by atoms with Crippen molar-refractivity contribution in [2.45, 2.75) is 39.0 Å². The molecule has 0 saturated carbocycles. The molecule has 0 spiro atoms. The molecule has 1 atom stereocenters. The molecule has 2 N–H and O–H groups in total. The van der Waals surface area contributed by atoms with Crippen molar-refractivity contribution in [3.63, 3.8) is 0 Å². The Kier molecular flexibility index (Phi) is 4.65. The first-order valence-electron chi connectivity index (χ1n) is 7.28. The molecule has 18 heavy (non-hydrogen) atoms. The molecule has 0 unspecified atom stereocenters. The highest BCUT2D eigenvalue weighted by Crippen LogP contribution is 2.33. The van der Waals surface area contributed by atoms with Crippen LogP contribution < -0.4 is 10.6 Å². The Morgan fingerprint density at radius 3 is 2.39 bits per heavy atom. The van der Waals surface area contributed by atoms with Crippen LogP contribution in [0.1, 0.15) is 44.6 Å². The van der Waals surface area contributed by atoms with E-state index in [2.05, 4.69) is 43.0 Å². The van der Waals surface area contributed by atoms with Gasteiger partial charge in [0.2, 0.25) is 0 Å². The molecule has 0 bridgehead atoms. The topological polar surface area (TPSA) is 29.3 Å². The summed E-state index contributed by atoms with van der Waals surface area (Å²) in [6.07, 6.45) is 4.02. The van der Waals surface area contributed by atoms with Gasteiger partial charge in [-0.3, -0.25) is 0 Å². The lowest BCUT2D eigenvalue weighted by atomic mass is 9.87. The summed E-state index contributed by atoms with van der Waals surface area (Å²) in [6.45, 7) is 7.68. The lowest BCUT2D eigenvalue weighted by Gasteiger charge is -2.33. The van der Waals surface area contributed by atoms with E-state index < -0.39 is 0 Å². The van der Waals surface area contributed by atoms with E-state index in [9.17, 15) is 0 Å². The van der Waals surface area contributed by atoms with Crippen LogP contribution in [0, 0.1) is 5.92 Å². The fourth-order valence-corrected chi connectivity index (χ4v) is 2.98. The predicted octanol–water partition coefficient (Wildman–Crippen LogP) is 3.38. The normalized spacial score (nSPS) is 18.1. The van der Waals surface area contributed by atoms with Crippen LogP contribution in [0.3, 0.4) is 0 Å². The second-order valence-corrected chi connectivity index (χ2v) is 5.69. The van der Waals surface area contributed by atoms with Gasteiger partial charge >= 0.3 is 0 Å². The van der Waals surface area contributed by atoms with Crippen LogP contribution in [0.15, 0.2) is 24.3 Å². The van der Waals surface area contributed by atoms with E-state index in [0.717, 1.165) is 6.54 Å². The summed E-state index contributed by atoms with van der Waals surface area (Å²) in [7, 11) is 0. The Hall–Kier alpha value is -1.02. The van der Waals surface area contributed by atoms with Crippen LogP contribution in [-0.4, -0.2) is 19.6 Å². The Morgan fingerprint density at radius 2 is 1.78 bits per heavy atom. The molecular weight excluding hydrogens is 220 g/mol. The Morgan fingerprint density at radius 1 is 1.11 bits per heavy atom.